The summed E-state index contributed by atoms with van der Waals surface area (Å²) in [5.74, 6) is 0.612. The quantitative estimate of drug-likeness (QED) is 0.844. The molecule has 0 spiro atoms. The van der Waals surface area contributed by atoms with E-state index in [0.29, 0.717) is 17.9 Å². The van der Waals surface area contributed by atoms with Gasteiger partial charge in [0, 0.05) is 5.56 Å². The number of ether oxygens (including phenoxy) is 1. The molecule has 1 rings (SSSR count). The van der Waals surface area contributed by atoms with E-state index in [1.807, 2.05) is 6.92 Å². The van der Waals surface area contributed by atoms with Crippen LogP contribution in [-0.4, -0.2) is 18.8 Å². The summed E-state index contributed by atoms with van der Waals surface area (Å²) in [5.41, 5.74) is 0.641. The molecule has 98 valence electrons. The molecule has 1 N–H and O–H groups in total. The summed E-state index contributed by atoms with van der Waals surface area (Å²) in [5, 5.41) is 3.04. The van der Waals surface area contributed by atoms with Gasteiger partial charge in [0.1, 0.15) is 5.76 Å². The molecule has 0 saturated carbocycles. The maximum Gasteiger partial charge on any atom is 0.414 e. The summed E-state index contributed by atoms with van der Waals surface area (Å²) < 4.78 is 46.6. The molecule has 0 aliphatic heterocycles. The van der Waals surface area contributed by atoms with Gasteiger partial charge in [0.25, 0.3) is 0 Å². The fourth-order valence-corrected chi connectivity index (χ4v) is 1.20. The van der Waals surface area contributed by atoms with E-state index >= 15 is 0 Å². The Morgan fingerprint density at radius 1 is 1.47 bits per heavy atom. The van der Waals surface area contributed by atoms with Crippen molar-refractivity contribution in [3.63, 3.8) is 0 Å². The maximum absolute atomic E-state index is 12.2. The highest BCUT2D eigenvalue weighted by Gasteiger charge is 2.36. The van der Waals surface area contributed by atoms with Gasteiger partial charge < -0.3 is 14.5 Å². The third-order valence-corrected chi connectivity index (χ3v) is 2.32. The Labute approximate surface area is 97.9 Å². The molecule has 0 saturated heterocycles. The molecule has 1 unspecified atom stereocenters. The molecule has 1 heterocycles. The summed E-state index contributed by atoms with van der Waals surface area (Å²) in [6.45, 7) is 4.08. The number of halogens is 3. The molecule has 1 aromatic heterocycles. The summed E-state index contributed by atoms with van der Waals surface area (Å²) in [7, 11) is 0. The standard InChI is InChI=1S/C11H16F3NO2/c1-3-15-6-10-9(4-5-16-10)7-17-8(2)11(12,13)14/h4-5,8,15H,3,6-7H2,1-2H3. The minimum Gasteiger partial charge on any atom is -0.468 e. The maximum atomic E-state index is 12.2. The molecule has 6 heteroatoms. The molecule has 0 amide bonds. The molecule has 17 heavy (non-hydrogen) atoms. The molecule has 0 aromatic carbocycles. The first kappa shape index (κ1) is 14.1. The second-order valence-corrected chi connectivity index (χ2v) is 3.64. The van der Waals surface area contributed by atoms with E-state index in [9.17, 15) is 13.2 Å². The molecule has 3 nitrogen and oxygen atoms in total. The average molecular weight is 251 g/mol. The summed E-state index contributed by atoms with van der Waals surface area (Å²) in [6, 6.07) is 1.62. The van der Waals surface area contributed by atoms with E-state index < -0.39 is 12.3 Å². The number of rotatable bonds is 6. The molecule has 0 aliphatic rings. The monoisotopic (exact) mass is 251 g/mol. The van der Waals surface area contributed by atoms with Gasteiger partial charge >= 0.3 is 6.18 Å². The van der Waals surface area contributed by atoms with E-state index in [0.717, 1.165) is 13.5 Å². The van der Waals surface area contributed by atoms with Crippen molar-refractivity contribution in [3.05, 3.63) is 23.7 Å². The highest BCUT2D eigenvalue weighted by molar-refractivity contribution is 5.15. The lowest BCUT2D eigenvalue weighted by Crippen LogP contribution is -2.28. The highest BCUT2D eigenvalue weighted by Crippen LogP contribution is 2.24. The predicted molar refractivity (Wildman–Crippen MR) is 56.4 cm³/mol. The van der Waals surface area contributed by atoms with Crippen LogP contribution in [0, 0.1) is 0 Å². The average Bonchev–Trinajstić information content (AvgIpc) is 2.69. The van der Waals surface area contributed by atoms with E-state index in [4.69, 9.17) is 9.15 Å². The van der Waals surface area contributed by atoms with Crippen molar-refractivity contribution in [1.29, 1.82) is 0 Å². The van der Waals surface area contributed by atoms with E-state index in [1.54, 1.807) is 6.07 Å². The van der Waals surface area contributed by atoms with Crippen molar-refractivity contribution in [3.8, 4) is 0 Å². The second kappa shape index (κ2) is 6.07. The van der Waals surface area contributed by atoms with Crippen LogP contribution in [0.3, 0.4) is 0 Å². The van der Waals surface area contributed by atoms with Crippen LogP contribution < -0.4 is 5.32 Å². The molecule has 0 radical (unpaired) electrons. The number of hydrogen-bond donors (Lipinski definition) is 1. The fraction of sp³-hybridized carbons (Fsp3) is 0.636. The highest BCUT2D eigenvalue weighted by atomic mass is 19.4. The third-order valence-electron chi connectivity index (χ3n) is 2.32. The van der Waals surface area contributed by atoms with Gasteiger partial charge in [-0.05, 0) is 19.5 Å². The van der Waals surface area contributed by atoms with E-state index in [-0.39, 0.29) is 6.61 Å². The van der Waals surface area contributed by atoms with E-state index in [2.05, 4.69) is 5.32 Å². The Hall–Kier alpha value is -1.01. The number of alkyl halides is 3. The van der Waals surface area contributed by atoms with Crippen molar-refractivity contribution < 1.29 is 22.3 Å². The normalized spacial score (nSPS) is 13.9. The Kier molecular flexibility index (Phi) is 5.02. The second-order valence-electron chi connectivity index (χ2n) is 3.64. The van der Waals surface area contributed by atoms with Gasteiger partial charge in [0.05, 0.1) is 19.4 Å². The van der Waals surface area contributed by atoms with Crippen molar-refractivity contribution in [2.24, 2.45) is 0 Å². The third kappa shape index (κ3) is 4.40. The van der Waals surface area contributed by atoms with Crippen LogP contribution in [0.5, 0.6) is 0 Å². The number of nitrogens with one attached hydrogen (secondary N) is 1. The van der Waals surface area contributed by atoms with Crippen molar-refractivity contribution in [1.82, 2.24) is 5.32 Å². The largest absolute Gasteiger partial charge is 0.468 e. The van der Waals surface area contributed by atoms with Crippen LogP contribution in [0.25, 0.3) is 0 Å². The minimum absolute atomic E-state index is 0.0993. The van der Waals surface area contributed by atoms with Crippen LogP contribution in [0.15, 0.2) is 16.7 Å². The lowest BCUT2D eigenvalue weighted by molar-refractivity contribution is -0.217. The van der Waals surface area contributed by atoms with Crippen LogP contribution in [0.4, 0.5) is 13.2 Å². The van der Waals surface area contributed by atoms with Crippen LogP contribution in [0.1, 0.15) is 25.2 Å². The lowest BCUT2D eigenvalue weighted by Gasteiger charge is -2.16. The van der Waals surface area contributed by atoms with Crippen LogP contribution in [0.2, 0.25) is 0 Å². The molecule has 0 aliphatic carbocycles. The number of furan rings is 1. The van der Waals surface area contributed by atoms with E-state index in [1.165, 1.54) is 6.26 Å². The summed E-state index contributed by atoms with van der Waals surface area (Å²) in [4.78, 5) is 0. The summed E-state index contributed by atoms with van der Waals surface area (Å²) in [6.07, 6.45) is -4.65. The van der Waals surface area contributed by atoms with Crippen molar-refractivity contribution >= 4 is 0 Å². The topological polar surface area (TPSA) is 34.4 Å². The first-order valence-electron chi connectivity index (χ1n) is 5.39. The van der Waals surface area contributed by atoms with Gasteiger partial charge in [-0.15, -0.1) is 0 Å². The number of hydrogen-bond acceptors (Lipinski definition) is 3. The van der Waals surface area contributed by atoms with Crippen molar-refractivity contribution in [2.75, 3.05) is 6.54 Å². The van der Waals surface area contributed by atoms with Crippen molar-refractivity contribution in [2.45, 2.75) is 39.3 Å². The van der Waals surface area contributed by atoms with Gasteiger partial charge in [-0.3, -0.25) is 0 Å². The Bertz CT molecular complexity index is 336. The summed E-state index contributed by atoms with van der Waals surface area (Å²) >= 11 is 0. The molecule has 1 atom stereocenters. The minimum atomic E-state index is -4.33. The van der Waals surface area contributed by atoms with Crippen LogP contribution in [-0.2, 0) is 17.9 Å². The smallest absolute Gasteiger partial charge is 0.414 e. The molecule has 1 aromatic rings. The molecular weight excluding hydrogens is 235 g/mol. The van der Waals surface area contributed by atoms with Crippen LogP contribution >= 0.6 is 0 Å². The zero-order valence-corrected chi connectivity index (χ0v) is 9.80. The van der Waals surface area contributed by atoms with Gasteiger partial charge in [0.2, 0.25) is 0 Å². The fourth-order valence-electron chi connectivity index (χ4n) is 1.20. The molecule has 0 fully saturated rings. The van der Waals surface area contributed by atoms with Gasteiger partial charge in [-0.2, -0.15) is 13.2 Å². The van der Waals surface area contributed by atoms with Gasteiger partial charge in [0.15, 0.2) is 6.10 Å². The SMILES string of the molecule is CCNCc1occc1COC(C)C(F)(F)F. The molecule has 0 bridgehead atoms. The zero-order chi connectivity index (χ0) is 12.9. The first-order chi connectivity index (χ1) is 7.95. The Morgan fingerprint density at radius 3 is 2.76 bits per heavy atom. The Morgan fingerprint density at radius 2 is 2.18 bits per heavy atom. The lowest BCUT2D eigenvalue weighted by atomic mass is 10.2. The van der Waals surface area contributed by atoms with Gasteiger partial charge in [-0.1, -0.05) is 6.92 Å². The molecular formula is C11H16F3NO2. The Balaban J connectivity index is 2.49. The predicted octanol–water partition coefficient (Wildman–Crippen LogP) is 2.86. The zero-order valence-electron chi connectivity index (χ0n) is 9.80. The van der Waals surface area contributed by atoms with Gasteiger partial charge in [-0.25, -0.2) is 0 Å². The first-order valence-corrected chi connectivity index (χ1v) is 5.39.